The average molecular weight is 255 g/mol. The fourth-order valence-corrected chi connectivity index (χ4v) is 2.39. The molecular weight excluding hydrogens is 220 g/mol. The maximum atomic E-state index is 9.81. The monoisotopic (exact) mass is 255 g/mol. The molecule has 1 unspecified atom stereocenters. The van der Waals surface area contributed by atoms with Crippen molar-refractivity contribution in [1.29, 1.82) is 0 Å². The van der Waals surface area contributed by atoms with Crippen LogP contribution in [0.5, 0.6) is 0 Å². The lowest BCUT2D eigenvalue weighted by molar-refractivity contribution is 0.147. The molecule has 0 fully saturated rings. The van der Waals surface area contributed by atoms with Gasteiger partial charge in [0.1, 0.15) is 0 Å². The molecule has 1 atom stereocenters. The number of hydrogen-bond donors (Lipinski definition) is 1. The summed E-state index contributed by atoms with van der Waals surface area (Å²) in [7, 11) is 0. The van der Waals surface area contributed by atoms with Gasteiger partial charge in [0.25, 0.3) is 0 Å². The molecular formula is C17H35O. The van der Waals surface area contributed by atoms with Gasteiger partial charge in [-0.15, -0.1) is 0 Å². The lowest BCUT2D eigenvalue weighted by Crippen LogP contribution is -2.05. The second kappa shape index (κ2) is 15.0. The van der Waals surface area contributed by atoms with E-state index in [1.54, 1.807) is 0 Å². The van der Waals surface area contributed by atoms with Crippen molar-refractivity contribution < 1.29 is 5.11 Å². The Morgan fingerprint density at radius 2 is 1.17 bits per heavy atom. The molecule has 1 radical (unpaired) electrons. The molecule has 0 aromatic carbocycles. The molecule has 0 saturated heterocycles. The Morgan fingerprint density at radius 3 is 1.67 bits per heavy atom. The van der Waals surface area contributed by atoms with E-state index < -0.39 is 0 Å². The molecule has 1 heteroatoms. The minimum atomic E-state index is -0.0342. The van der Waals surface area contributed by atoms with Crippen molar-refractivity contribution in [3.63, 3.8) is 0 Å². The van der Waals surface area contributed by atoms with Crippen molar-refractivity contribution in [2.75, 3.05) is 0 Å². The molecule has 0 heterocycles. The van der Waals surface area contributed by atoms with E-state index in [1.807, 2.05) is 0 Å². The third kappa shape index (κ3) is 14.0. The highest BCUT2D eigenvalue weighted by atomic mass is 16.3. The Balaban J connectivity index is 3.08. The summed E-state index contributed by atoms with van der Waals surface area (Å²) in [6.07, 6.45) is 17.4. The highest BCUT2D eigenvalue weighted by Crippen LogP contribution is 2.13. The molecule has 0 aliphatic rings. The molecule has 0 aromatic rings. The number of aliphatic hydroxyl groups excluding tert-OH is 1. The van der Waals surface area contributed by atoms with Crippen molar-refractivity contribution in [1.82, 2.24) is 0 Å². The van der Waals surface area contributed by atoms with Gasteiger partial charge in [0, 0.05) is 0 Å². The van der Waals surface area contributed by atoms with Crippen molar-refractivity contribution >= 4 is 0 Å². The van der Waals surface area contributed by atoms with Crippen LogP contribution in [0.15, 0.2) is 0 Å². The highest BCUT2D eigenvalue weighted by molar-refractivity contribution is 4.57. The summed E-state index contributed by atoms with van der Waals surface area (Å²) < 4.78 is 0. The van der Waals surface area contributed by atoms with Crippen LogP contribution in [0.2, 0.25) is 0 Å². The predicted molar refractivity (Wildman–Crippen MR) is 81.7 cm³/mol. The van der Waals surface area contributed by atoms with Crippen molar-refractivity contribution in [2.45, 2.75) is 103 Å². The summed E-state index contributed by atoms with van der Waals surface area (Å²) in [4.78, 5) is 0. The molecule has 109 valence electrons. The van der Waals surface area contributed by atoms with Gasteiger partial charge in [0.05, 0.1) is 6.10 Å². The number of aliphatic hydroxyl groups is 1. The molecule has 0 aromatic heterocycles. The van der Waals surface area contributed by atoms with E-state index in [-0.39, 0.29) is 6.10 Å². The number of unbranched alkanes of at least 4 members (excludes halogenated alkanes) is 10. The van der Waals surface area contributed by atoms with Crippen molar-refractivity contribution in [3.8, 4) is 0 Å². The summed E-state index contributed by atoms with van der Waals surface area (Å²) in [6.45, 7) is 6.09. The van der Waals surface area contributed by atoms with Gasteiger partial charge in [-0.3, -0.25) is 0 Å². The predicted octanol–water partition coefficient (Wildman–Crippen LogP) is 5.66. The van der Waals surface area contributed by atoms with E-state index in [1.165, 1.54) is 70.6 Å². The van der Waals surface area contributed by atoms with Crippen LogP contribution < -0.4 is 0 Å². The van der Waals surface area contributed by atoms with E-state index in [4.69, 9.17) is 0 Å². The fraction of sp³-hybridized carbons (Fsp3) is 0.941. The topological polar surface area (TPSA) is 20.2 Å². The van der Waals surface area contributed by atoms with Gasteiger partial charge in [0.2, 0.25) is 0 Å². The standard InChI is InChI=1S/C17H35O/c1-3-5-7-9-10-11-12-14-16-17(18)15-13-8-6-4-2/h17-18H,1,3-16H2,2H3. The van der Waals surface area contributed by atoms with Crippen LogP contribution in [-0.2, 0) is 0 Å². The average Bonchev–Trinajstić information content (AvgIpc) is 2.38. The number of rotatable bonds is 14. The number of hydrogen-bond acceptors (Lipinski definition) is 1. The first-order valence-electron chi connectivity index (χ1n) is 8.28. The molecule has 0 spiro atoms. The van der Waals surface area contributed by atoms with Crippen LogP contribution >= 0.6 is 0 Å². The minimum Gasteiger partial charge on any atom is -0.393 e. The second-order valence-corrected chi connectivity index (χ2v) is 5.62. The maximum Gasteiger partial charge on any atom is 0.0540 e. The van der Waals surface area contributed by atoms with Gasteiger partial charge in [-0.25, -0.2) is 0 Å². The fourth-order valence-electron chi connectivity index (χ4n) is 2.39. The summed E-state index contributed by atoms with van der Waals surface area (Å²) in [5.41, 5.74) is 0. The molecule has 1 N–H and O–H groups in total. The van der Waals surface area contributed by atoms with Gasteiger partial charge in [-0.05, 0) is 12.8 Å². The Hall–Kier alpha value is -0.0400. The molecule has 1 nitrogen and oxygen atoms in total. The Labute approximate surface area is 115 Å². The molecule has 0 rings (SSSR count). The zero-order valence-corrected chi connectivity index (χ0v) is 12.6. The first kappa shape index (κ1) is 18.0. The van der Waals surface area contributed by atoms with Gasteiger partial charge < -0.3 is 5.11 Å². The zero-order valence-electron chi connectivity index (χ0n) is 12.6. The quantitative estimate of drug-likeness (QED) is 0.397. The van der Waals surface area contributed by atoms with Gasteiger partial charge >= 0.3 is 0 Å². The summed E-state index contributed by atoms with van der Waals surface area (Å²) in [6, 6.07) is 0. The van der Waals surface area contributed by atoms with Crippen LogP contribution in [0.25, 0.3) is 0 Å². The van der Waals surface area contributed by atoms with E-state index >= 15 is 0 Å². The largest absolute Gasteiger partial charge is 0.393 e. The van der Waals surface area contributed by atoms with Crippen LogP contribution in [0, 0.1) is 6.92 Å². The minimum absolute atomic E-state index is 0.0342. The van der Waals surface area contributed by atoms with Crippen LogP contribution in [-0.4, -0.2) is 11.2 Å². The van der Waals surface area contributed by atoms with Gasteiger partial charge in [0.15, 0.2) is 0 Å². The molecule has 0 aliphatic carbocycles. The summed E-state index contributed by atoms with van der Waals surface area (Å²) in [5, 5.41) is 9.81. The maximum absolute atomic E-state index is 9.81. The van der Waals surface area contributed by atoms with Gasteiger partial charge in [-0.1, -0.05) is 90.9 Å². The third-order valence-electron chi connectivity index (χ3n) is 3.68. The second-order valence-electron chi connectivity index (χ2n) is 5.62. The van der Waals surface area contributed by atoms with Crippen LogP contribution in [0.4, 0.5) is 0 Å². The first-order valence-corrected chi connectivity index (χ1v) is 8.28. The van der Waals surface area contributed by atoms with E-state index in [0.717, 1.165) is 19.3 Å². The molecule has 0 amide bonds. The SMILES string of the molecule is [CH2]CCCCCCCCCC(O)CCCCCC. The van der Waals surface area contributed by atoms with Crippen LogP contribution in [0.1, 0.15) is 96.8 Å². The third-order valence-corrected chi connectivity index (χ3v) is 3.68. The summed E-state index contributed by atoms with van der Waals surface area (Å²) in [5.74, 6) is 0. The van der Waals surface area contributed by atoms with Crippen molar-refractivity contribution in [3.05, 3.63) is 6.92 Å². The highest BCUT2D eigenvalue weighted by Gasteiger charge is 2.03. The molecule has 0 saturated carbocycles. The Bertz CT molecular complexity index is 145. The summed E-state index contributed by atoms with van der Waals surface area (Å²) >= 11 is 0. The van der Waals surface area contributed by atoms with Crippen molar-refractivity contribution in [2.24, 2.45) is 0 Å². The van der Waals surface area contributed by atoms with E-state index in [2.05, 4.69) is 13.8 Å². The molecule has 0 bridgehead atoms. The van der Waals surface area contributed by atoms with Crippen LogP contribution in [0.3, 0.4) is 0 Å². The van der Waals surface area contributed by atoms with Gasteiger partial charge in [-0.2, -0.15) is 0 Å². The first-order chi connectivity index (χ1) is 8.81. The Morgan fingerprint density at radius 1 is 0.722 bits per heavy atom. The van der Waals surface area contributed by atoms with E-state index in [9.17, 15) is 5.11 Å². The normalized spacial score (nSPS) is 12.8. The van der Waals surface area contributed by atoms with E-state index in [0.29, 0.717) is 0 Å². The Kier molecular flexibility index (Phi) is 15.0. The smallest absolute Gasteiger partial charge is 0.0540 e. The zero-order chi connectivity index (χ0) is 13.5. The lowest BCUT2D eigenvalue weighted by Gasteiger charge is -2.10. The molecule has 18 heavy (non-hydrogen) atoms. The lowest BCUT2D eigenvalue weighted by atomic mass is 10.0. The molecule has 0 aliphatic heterocycles.